The van der Waals surface area contributed by atoms with E-state index < -0.39 is 0 Å². The molecule has 1 saturated heterocycles. The average molecular weight is 142 g/mol. The Balaban J connectivity index is 2.29. The fourth-order valence-electron chi connectivity index (χ4n) is 1.73. The molecular weight excluding hydrogens is 124 g/mol. The second-order valence-electron chi connectivity index (χ2n) is 3.11. The molecule has 0 spiro atoms. The molecule has 0 bridgehead atoms. The van der Waals surface area contributed by atoms with Gasteiger partial charge in [-0.2, -0.15) is 0 Å². The topological polar surface area (TPSA) is 38.0 Å². The van der Waals surface area contributed by atoms with Gasteiger partial charge in [-0.05, 0) is 31.8 Å². The van der Waals surface area contributed by atoms with E-state index in [1.165, 1.54) is 25.8 Å². The molecule has 10 heavy (non-hydrogen) atoms. The van der Waals surface area contributed by atoms with Gasteiger partial charge in [0.2, 0.25) is 0 Å². The maximum Gasteiger partial charge on any atom is 0.0108 e. The molecule has 0 saturated carbocycles. The molecule has 1 aliphatic rings. The summed E-state index contributed by atoms with van der Waals surface area (Å²) in [7, 11) is 0. The summed E-state index contributed by atoms with van der Waals surface area (Å²) < 4.78 is 0. The van der Waals surface area contributed by atoms with Gasteiger partial charge in [0.05, 0.1) is 0 Å². The summed E-state index contributed by atoms with van der Waals surface area (Å²) >= 11 is 0. The third-order valence-corrected chi connectivity index (χ3v) is 2.49. The van der Waals surface area contributed by atoms with E-state index in [9.17, 15) is 0 Å². The number of nitrogens with two attached hydrogens (primary N) is 1. The summed E-state index contributed by atoms with van der Waals surface area (Å²) in [4.78, 5) is 0. The largest absolute Gasteiger partial charge is 0.330 e. The Kier molecular flexibility index (Phi) is 3.16. The van der Waals surface area contributed by atoms with E-state index >= 15 is 0 Å². The van der Waals surface area contributed by atoms with Crippen molar-refractivity contribution < 1.29 is 0 Å². The van der Waals surface area contributed by atoms with Crippen molar-refractivity contribution in [1.29, 1.82) is 0 Å². The molecule has 2 nitrogen and oxygen atoms in total. The molecule has 0 radical (unpaired) electrons. The van der Waals surface area contributed by atoms with E-state index in [2.05, 4.69) is 12.2 Å². The molecule has 0 aromatic heterocycles. The van der Waals surface area contributed by atoms with Crippen LogP contribution in [0, 0.1) is 5.92 Å². The summed E-state index contributed by atoms with van der Waals surface area (Å²) in [5.74, 6) is 0.711. The Morgan fingerprint density at radius 1 is 1.70 bits per heavy atom. The lowest BCUT2D eigenvalue weighted by Gasteiger charge is -2.19. The van der Waals surface area contributed by atoms with Crippen molar-refractivity contribution in [2.75, 3.05) is 13.1 Å². The number of hydrogen-bond acceptors (Lipinski definition) is 2. The highest BCUT2D eigenvalue weighted by Crippen LogP contribution is 2.16. The van der Waals surface area contributed by atoms with Crippen LogP contribution in [-0.2, 0) is 0 Å². The highest BCUT2D eigenvalue weighted by molar-refractivity contribution is 4.81. The Labute approximate surface area is 63.2 Å². The van der Waals surface area contributed by atoms with E-state index in [0.29, 0.717) is 5.92 Å². The molecule has 60 valence electrons. The summed E-state index contributed by atoms with van der Waals surface area (Å²) in [6.07, 6.45) is 3.88. The smallest absolute Gasteiger partial charge is 0.0108 e. The quantitative estimate of drug-likeness (QED) is 0.609. The van der Waals surface area contributed by atoms with Gasteiger partial charge in [0.15, 0.2) is 0 Å². The highest BCUT2D eigenvalue weighted by Gasteiger charge is 2.21. The highest BCUT2D eigenvalue weighted by atomic mass is 14.9. The minimum Gasteiger partial charge on any atom is -0.330 e. The van der Waals surface area contributed by atoms with Crippen LogP contribution in [-0.4, -0.2) is 19.1 Å². The molecule has 2 heteroatoms. The van der Waals surface area contributed by atoms with Gasteiger partial charge in [0, 0.05) is 6.04 Å². The third kappa shape index (κ3) is 1.70. The first-order valence-corrected chi connectivity index (χ1v) is 4.32. The molecule has 0 aromatic carbocycles. The molecule has 0 aromatic rings. The summed E-state index contributed by atoms with van der Waals surface area (Å²) in [5.41, 5.74) is 5.62. The Morgan fingerprint density at radius 2 is 2.50 bits per heavy atom. The van der Waals surface area contributed by atoms with Gasteiger partial charge in [-0.3, -0.25) is 0 Å². The van der Waals surface area contributed by atoms with Gasteiger partial charge in [-0.15, -0.1) is 0 Å². The van der Waals surface area contributed by atoms with Gasteiger partial charge in [-0.1, -0.05) is 13.3 Å². The van der Waals surface area contributed by atoms with Crippen molar-refractivity contribution in [2.45, 2.75) is 32.2 Å². The molecule has 1 heterocycles. The van der Waals surface area contributed by atoms with Crippen LogP contribution in [0.5, 0.6) is 0 Å². The molecule has 3 N–H and O–H groups in total. The molecule has 0 aliphatic carbocycles. The lowest BCUT2D eigenvalue weighted by atomic mass is 9.96. The average Bonchev–Trinajstić information content (AvgIpc) is 2.43. The van der Waals surface area contributed by atoms with Crippen LogP contribution in [0.4, 0.5) is 0 Å². The predicted octanol–water partition coefficient (Wildman–Crippen LogP) is 0.723. The van der Waals surface area contributed by atoms with Gasteiger partial charge in [-0.25, -0.2) is 0 Å². The van der Waals surface area contributed by atoms with Crippen LogP contribution in [0.3, 0.4) is 0 Å². The Bertz CT molecular complexity index is 83.3. The number of rotatable bonds is 3. The number of hydrogen-bond donors (Lipinski definition) is 2. The second kappa shape index (κ2) is 3.94. The fraction of sp³-hybridized carbons (Fsp3) is 1.00. The van der Waals surface area contributed by atoms with Crippen molar-refractivity contribution in [1.82, 2.24) is 5.32 Å². The van der Waals surface area contributed by atoms with Gasteiger partial charge in [0.1, 0.15) is 0 Å². The maximum atomic E-state index is 5.62. The molecule has 0 amide bonds. The van der Waals surface area contributed by atoms with E-state index in [4.69, 9.17) is 5.73 Å². The molecule has 2 atom stereocenters. The fourth-order valence-corrected chi connectivity index (χ4v) is 1.73. The van der Waals surface area contributed by atoms with Gasteiger partial charge >= 0.3 is 0 Å². The van der Waals surface area contributed by atoms with E-state index in [-0.39, 0.29) is 0 Å². The van der Waals surface area contributed by atoms with Crippen LogP contribution in [0.2, 0.25) is 0 Å². The minimum atomic E-state index is 0.711. The van der Waals surface area contributed by atoms with E-state index in [1.54, 1.807) is 0 Å². The lowest BCUT2D eigenvalue weighted by Crippen LogP contribution is -2.34. The predicted molar refractivity (Wildman–Crippen MR) is 43.9 cm³/mol. The lowest BCUT2D eigenvalue weighted by molar-refractivity contribution is 0.386. The minimum absolute atomic E-state index is 0.711. The molecule has 1 rings (SSSR count). The summed E-state index contributed by atoms with van der Waals surface area (Å²) in [6.45, 7) is 4.26. The van der Waals surface area contributed by atoms with Crippen molar-refractivity contribution in [3.05, 3.63) is 0 Å². The monoisotopic (exact) mass is 142 g/mol. The van der Waals surface area contributed by atoms with Crippen LogP contribution >= 0.6 is 0 Å². The van der Waals surface area contributed by atoms with E-state index in [0.717, 1.165) is 12.6 Å². The van der Waals surface area contributed by atoms with Crippen LogP contribution < -0.4 is 11.1 Å². The summed E-state index contributed by atoms with van der Waals surface area (Å²) in [6, 6.07) is 0.718. The van der Waals surface area contributed by atoms with Crippen molar-refractivity contribution in [3.63, 3.8) is 0 Å². The zero-order valence-corrected chi connectivity index (χ0v) is 6.77. The molecular formula is C8H18N2. The third-order valence-electron chi connectivity index (χ3n) is 2.49. The molecule has 1 unspecified atom stereocenters. The zero-order chi connectivity index (χ0) is 7.40. The maximum absolute atomic E-state index is 5.62. The first-order valence-electron chi connectivity index (χ1n) is 4.32. The van der Waals surface area contributed by atoms with Crippen LogP contribution in [0.15, 0.2) is 0 Å². The van der Waals surface area contributed by atoms with Crippen molar-refractivity contribution in [3.8, 4) is 0 Å². The normalized spacial score (nSPS) is 28.8. The second-order valence-corrected chi connectivity index (χ2v) is 3.11. The standard InChI is InChI=1S/C8H18N2/c1-2-7(6-9)8-4-3-5-10-8/h7-8,10H,2-6,9H2,1H3/t7?,8-/m0/s1. The Hall–Kier alpha value is -0.0800. The molecule has 1 aliphatic heterocycles. The first-order chi connectivity index (χ1) is 4.88. The van der Waals surface area contributed by atoms with Gasteiger partial charge < -0.3 is 11.1 Å². The van der Waals surface area contributed by atoms with E-state index in [1.807, 2.05) is 0 Å². The van der Waals surface area contributed by atoms with Gasteiger partial charge in [0.25, 0.3) is 0 Å². The van der Waals surface area contributed by atoms with Crippen LogP contribution in [0.25, 0.3) is 0 Å². The first kappa shape index (κ1) is 8.02. The van der Waals surface area contributed by atoms with Crippen molar-refractivity contribution >= 4 is 0 Å². The SMILES string of the molecule is CCC(CN)[C@@H]1CCCN1. The zero-order valence-electron chi connectivity index (χ0n) is 6.77. The van der Waals surface area contributed by atoms with Crippen molar-refractivity contribution in [2.24, 2.45) is 11.7 Å². The number of nitrogens with one attached hydrogen (secondary N) is 1. The molecule has 1 fully saturated rings. The Morgan fingerprint density at radius 3 is 2.90 bits per heavy atom. The van der Waals surface area contributed by atoms with Crippen LogP contribution in [0.1, 0.15) is 26.2 Å². The summed E-state index contributed by atoms with van der Waals surface area (Å²) in [5, 5.41) is 3.48.